The van der Waals surface area contributed by atoms with E-state index in [0.717, 1.165) is 0 Å². The van der Waals surface area contributed by atoms with E-state index in [4.69, 9.17) is 0 Å². The summed E-state index contributed by atoms with van der Waals surface area (Å²) in [6.07, 6.45) is 0. The van der Waals surface area contributed by atoms with Gasteiger partial charge in [0.25, 0.3) is 0 Å². The fraction of sp³-hybridized carbons (Fsp3) is 0.333. The van der Waals surface area contributed by atoms with Crippen LogP contribution in [0.15, 0.2) is 0 Å². The molecule has 0 aromatic rings. The first-order valence-corrected chi connectivity index (χ1v) is 2.91. The summed E-state index contributed by atoms with van der Waals surface area (Å²) in [5.41, 5.74) is 0. The Morgan fingerprint density at radius 2 is 2.50 bits per heavy atom. The van der Waals surface area contributed by atoms with Crippen molar-refractivity contribution in [2.45, 2.75) is 0 Å². The van der Waals surface area contributed by atoms with Crippen LogP contribution in [-0.4, -0.2) is 32.1 Å². The van der Waals surface area contributed by atoms with Crippen LogP contribution >= 0.6 is 0 Å². The quantitative estimate of drug-likeness (QED) is 0.430. The van der Waals surface area contributed by atoms with E-state index in [0.29, 0.717) is 0 Å². The second-order valence-corrected chi connectivity index (χ2v) is 1.61. The van der Waals surface area contributed by atoms with E-state index in [2.05, 4.69) is 10.1 Å². The number of carbonyl (C=O) groups excluding carboxylic acids is 1. The number of methoxy groups -OCH3 is 1. The van der Waals surface area contributed by atoms with Gasteiger partial charge in [-0.15, -0.1) is 0 Å². The van der Waals surface area contributed by atoms with Crippen molar-refractivity contribution >= 4 is 25.0 Å². The third-order valence-electron chi connectivity index (χ3n) is 0.368. The van der Waals surface area contributed by atoms with Gasteiger partial charge in [0, 0.05) is 0 Å². The molecule has 3 heteroatoms. The van der Waals surface area contributed by atoms with Gasteiger partial charge in [0.05, 0.1) is 0 Å². The summed E-state index contributed by atoms with van der Waals surface area (Å²) in [5, 5.41) is 3.37. The molecule has 0 aliphatic rings. The molecular weight excluding hydrogens is 95.0 g/mol. The first kappa shape index (κ1) is 5.87. The molecule has 2 nitrogen and oxygen atoms in total. The number of hydrogen-bond donors (Lipinski definition) is 0. The molecule has 0 saturated heterocycles. The molecule has 0 aliphatic heterocycles. The maximum absolute atomic E-state index is 9.93. The Bertz CT molecular complexity index is 69.2. The van der Waals surface area contributed by atoms with Crippen LogP contribution in [-0.2, 0) is 4.74 Å². The molecule has 0 unspecified atom stereocenters. The van der Waals surface area contributed by atoms with Crippen molar-refractivity contribution in [3.8, 4) is 0 Å². The predicted octanol–water partition coefficient (Wildman–Crippen LogP) is -0.111. The van der Waals surface area contributed by atoms with Crippen LogP contribution in [0.4, 0.5) is 4.79 Å². The Morgan fingerprint density at radius 3 is 2.50 bits per heavy atom. The summed E-state index contributed by atoms with van der Waals surface area (Å²) >= 11 is -0.376. The van der Waals surface area contributed by atoms with E-state index in [1.165, 1.54) is 7.11 Å². The molecule has 0 N–H and O–H groups in total. The number of ether oxygens (including phenoxy) is 1. The molecular formula is C3H5AlO2. The van der Waals surface area contributed by atoms with Gasteiger partial charge in [-0.3, -0.25) is 0 Å². The molecule has 32 valence electrons. The molecule has 0 radical (unpaired) electrons. The van der Waals surface area contributed by atoms with E-state index >= 15 is 0 Å². The summed E-state index contributed by atoms with van der Waals surface area (Å²) in [4.78, 5) is 9.75. The monoisotopic (exact) mass is 100 g/mol. The molecule has 0 rings (SSSR count). The molecule has 0 heterocycles. The summed E-state index contributed by atoms with van der Waals surface area (Å²) in [7, 11) is 1.36. The zero-order valence-corrected chi connectivity index (χ0v) is 4.76. The topological polar surface area (TPSA) is 26.3 Å². The minimum absolute atomic E-state index is 0.185. The van der Waals surface area contributed by atoms with Gasteiger partial charge in [-0.05, 0) is 0 Å². The van der Waals surface area contributed by atoms with Crippen molar-refractivity contribution in [3.05, 3.63) is 0 Å². The van der Waals surface area contributed by atoms with Gasteiger partial charge in [-0.1, -0.05) is 0 Å². The number of rotatable bonds is 1. The fourth-order valence-corrected chi connectivity index (χ4v) is 0.250. The fourth-order valence-electron chi connectivity index (χ4n) is 0.0833. The SMILES string of the molecule is [CH2]=[Al][C](=O)OC. The molecule has 0 aromatic carbocycles. The standard InChI is InChI=1S/C2H3O2.CH2.Al/c1-4-2-3;;/h1H3;1H2;. The van der Waals surface area contributed by atoms with Crippen LogP contribution in [0.3, 0.4) is 0 Å². The third kappa shape index (κ3) is 2.13. The van der Waals surface area contributed by atoms with Gasteiger partial charge in [0.1, 0.15) is 0 Å². The van der Waals surface area contributed by atoms with Crippen molar-refractivity contribution in [3.63, 3.8) is 0 Å². The molecule has 0 aliphatic carbocycles. The molecule has 0 atom stereocenters. The molecule has 0 fully saturated rings. The van der Waals surface area contributed by atoms with Gasteiger partial charge in [-0.2, -0.15) is 0 Å². The third-order valence-corrected chi connectivity index (χ3v) is 0.937. The Hall–Kier alpha value is -0.128. The first-order valence-electron chi connectivity index (χ1n) is 1.51. The van der Waals surface area contributed by atoms with Crippen molar-refractivity contribution in [2.75, 3.05) is 7.11 Å². The van der Waals surface area contributed by atoms with Crippen LogP contribution in [0, 0.1) is 0 Å². The van der Waals surface area contributed by atoms with Crippen LogP contribution in [0.25, 0.3) is 0 Å². The molecule has 0 aromatic heterocycles. The molecule has 0 spiro atoms. The Balaban J connectivity index is 3.23. The van der Waals surface area contributed by atoms with Gasteiger partial charge < -0.3 is 0 Å². The van der Waals surface area contributed by atoms with Gasteiger partial charge in [0.2, 0.25) is 0 Å². The Morgan fingerprint density at radius 1 is 2.00 bits per heavy atom. The van der Waals surface area contributed by atoms with E-state index in [-0.39, 0.29) is 19.6 Å². The van der Waals surface area contributed by atoms with Crippen LogP contribution in [0.1, 0.15) is 0 Å². The Labute approximate surface area is 42.4 Å². The zero-order valence-electron chi connectivity index (χ0n) is 3.60. The molecule has 0 saturated carbocycles. The molecule has 0 amide bonds. The summed E-state index contributed by atoms with van der Waals surface area (Å²) in [6.45, 7) is 0. The van der Waals surface area contributed by atoms with E-state index in [9.17, 15) is 4.79 Å². The second-order valence-electron chi connectivity index (χ2n) is 0.727. The number of carbonyl (C=O) groups is 1. The summed E-state index contributed by atoms with van der Waals surface area (Å²) in [5.74, 6) is 0. The Kier molecular flexibility index (Phi) is 3.01. The van der Waals surface area contributed by atoms with Gasteiger partial charge in [0.15, 0.2) is 0 Å². The van der Waals surface area contributed by atoms with Crippen LogP contribution in [0.5, 0.6) is 0 Å². The van der Waals surface area contributed by atoms with Crippen LogP contribution < -0.4 is 0 Å². The van der Waals surface area contributed by atoms with E-state index < -0.39 is 0 Å². The summed E-state index contributed by atoms with van der Waals surface area (Å²) in [6, 6.07) is 0. The predicted molar refractivity (Wildman–Crippen MR) is 25.3 cm³/mol. The maximum atomic E-state index is 9.93. The van der Waals surface area contributed by atoms with Crippen LogP contribution in [0.2, 0.25) is 0 Å². The van der Waals surface area contributed by atoms with Crippen molar-refractivity contribution in [1.82, 2.24) is 0 Å². The van der Waals surface area contributed by atoms with Crippen molar-refractivity contribution in [2.24, 2.45) is 0 Å². The van der Waals surface area contributed by atoms with Crippen molar-refractivity contribution < 1.29 is 9.53 Å². The van der Waals surface area contributed by atoms with E-state index in [1.807, 2.05) is 0 Å². The normalized spacial score (nSPS) is 6.17. The molecule has 0 bridgehead atoms. The van der Waals surface area contributed by atoms with Gasteiger partial charge >= 0.3 is 41.6 Å². The zero-order chi connectivity index (χ0) is 4.99. The second kappa shape index (κ2) is 3.08. The average molecular weight is 100 g/mol. The van der Waals surface area contributed by atoms with Crippen molar-refractivity contribution in [1.29, 1.82) is 0 Å². The first-order chi connectivity index (χ1) is 2.81. The molecule has 6 heavy (non-hydrogen) atoms. The minimum atomic E-state index is -0.376. The van der Waals surface area contributed by atoms with E-state index in [1.54, 1.807) is 0 Å². The summed E-state index contributed by atoms with van der Waals surface area (Å²) < 4.78 is 4.23. The average Bonchev–Trinajstić information content (AvgIpc) is 1.65. The number of hydrogen-bond acceptors (Lipinski definition) is 2. The van der Waals surface area contributed by atoms with Gasteiger partial charge in [-0.25, -0.2) is 0 Å².